The zero-order chi connectivity index (χ0) is 11.6. The van der Waals surface area contributed by atoms with Crippen molar-refractivity contribution in [2.75, 3.05) is 19.0 Å². The van der Waals surface area contributed by atoms with Crippen molar-refractivity contribution in [1.29, 1.82) is 0 Å². The van der Waals surface area contributed by atoms with Crippen LogP contribution < -0.4 is 4.90 Å². The van der Waals surface area contributed by atoms with Gasteiger partial charge in [-0.1, -0.05) is 22.0 Å². The maximum absolute atomic E-state index is 12.7. The molecule has 84 valence electrons. The summed E-state index contributed by atoms with van der Waals surface area (Å²) in [6.07, 6.45) is -4.31. The predicted octanol–water partition coefficient (Wildman–Crippen LogP) is 3.67. The molecule has 0 aromatic heterocycles. The first-order chi connectivity index (χ1) is 6.86. The molecule has 0 amide bonds. The molecule has 15 heavy (non-hydrogen) atoms. The van der Waals surface area contributed by atoms with Crippen molar-refractivity contribution < 1.29 is 13.2 Å². The highest BCUT2D eigenvalue weighted by Gasteiger charge is 2.34. The lowest BCUT2D eigenvalue weighted by Gasteiger charge is -2.19. The minimum atomic E-state index is -4.31. The van der Waals surface area contributed by atoms with Crippen LogP contribution in [0.2, 0.25) is 0 Å². The monoisotopic (exact) mass is 281 g/mol. The van der Waals surface area contributed by atoms with Gasteiger partial charge in [0.25, 0.3) is 0 Å². The molecule has 0 radical (unpaired) electrons. The third-order valence-corrected chi connectivity index (χ3v) is 2.65. The van der Waals surface area contributed by atoms with Gasteiger partial charge in [-0.25, -0.2) is 0 Å². The fourth-order valence-electron chi connectivity index (χ4n) is 1.28. The van der Waals surface area contributed by atoms with Crippen LogP contribution in [-0.4, -0.2) is 14.1 Å². The Labute approximate surface area is 95.0 Å². The van der Waals surface area contributed by atoms with Gasteiger partial charge >= 0.3 is 6.18 Å². The van der Waals surface area contributed by atoms with E-state index in [1.807, 2.05) is 0 Å². The number of hydrogen-bond acceptors (Lipinski definition) is 1. The molecule has 0 aliphatic rings. The first-order valence-electron chi connectivity index (χ1n) is 4.29. The molecular formula is C10H11BrF3N. The quantitative estimate of drug-likeness (QED) is 0.748. The topological polar surface area (TPSA) is 3.24 Å². The molecule has 0 saturated carbocycles. The van der Waals surface area contributed by atoms with E-state index in [1.54, 1.807) is 20.2 Å². The second-order valence-electron chi connectivity index (χ2n) is 3.38. The summed E-state index contributed by atoms with van der Waals surface area (Å²) >= 11 is 3.14. The number of hydrogen-bond donors (Lipinski definition) is 0. The van der Waals surface area contributed by atoms with E-state index >= 15 is 0 Å². The van der Waals surface area contributed by atoms with Gasteiger partial charge in [0.05, 0.1) is 5.56 Å². The Bertz CT molecular complexity index is 347. The summed E-state index contributed by atoms with van der Waals surface area (Å²) in [5, 5.41) is 0.420. The standard InChI is InChI=1S/C10H11BrF3N/c1-15(2)9-4-3-7(6-11)5-8(9)10(12,13)14/h3-5H,6H2,1-2H3. The van der Waals surface area contributed by atoms with E-state index in [-0.39, 0.29) is 5.69 Å². The van der Waals surface area contributed by atoms with Gasteiger partial charge in [0.2, 0.25) is 0 Å². The molecule has 0 unspecified atom stereocenters. The van der Waals surface area contributed by atoms with Crippen LogP contribution in [0.3, 0.4) is 0 Å². The summed E-state index contributed by atoms with van der Waals surface area (Å²) in [6, 6.07) is 4.34. The van der Waals surface area contributed by atoms with Crippen molar-refractivity contribution in [3.05, 3.63) is 29.3 Å². The summed E-state index contributed by atoms with van der Waals surface area (Å²) in [4.78, 5) is 1.46. The molecule has 0 atom stereocenters. The van der Waals surface area contributed by atoms with Crippen LogP contribution >= 0.6 is 15.9 Å². The Balaban J connectivity index is 3.29. The molecule has 1 aromatic rings. The lowest BCUT2D eigenvalue weighted by molar-refractivity contribution is -0.137. The second kappa shape index (κ2) is 4.43. The lowest BCUT2D eigenvalue weighted by Crippen LogP contribution is -2.16. The molecule has 5 heteroatoms. The summed E-state index contributed by atoms with van der Waals surface area (Å²) < 4.78 is 38.0. The zero-order valence-electron chi connectivity index (χ0n) is 8.40. The van der Waals surface area contributed by atoms with Crippen LogP contribution in [0.1, 0.15) is 11.1 Å². The minimum absolute atomic E-state index is 0.187. The second-order valence-corrected chi connectivity index (χ2v) is 3.94. The van der Waals surface area contributed by atoms with Crippen molar-refractivity contribution in [2.24, 2.45) is 0 Å². The number of benzene rings is 1. The Morgan fingerprint density at radius 3 is 2.27 bits per heavy atom. The van der Waals surface area contributed by atoms with Crippen LogP contribution in [0.5, 0.6) is 0 Å². The average Bonchev–Trinajstić information content (AvgIpc) is 2.15. The molecule has 1 rings (SSSR count). The molecule has 0 saturated heterocycles. The number of alkyl halides is 4. The van der Waals surface area contributed by atoms with Crippen LogP contribution in [0.15, 0.2) is 18.2 Å². The number of halogens is 4. The van der Waals surface area contributed by atoms with E-state index in [2.05, 4.69) is 15.9 Å². The fraction of sp³-hybridized carbons (Fsp3) is 0.400. The average molecular weight is 282 g/mol. The smallest absolute Gasteiger partial charge is 0.377 e. The van der Waals surface area contributed by atoms with E-state index in [0.29, 0.717) is 10.9 Å². The lowest BCUT2D eigenvalue weighted by atomic mass is 10.1. The van der Waals surface area contributed by atoms with Crippen molar-refractivity contribution >= 4 is 21.6 Å². The molecule has 0 aliphatic carbocycles. The van der Waals surface area contributed by atoms with E-state index in [4.69, 9.17) is 0 Å². The van der Waals surface area contributed by atoms with Gasteiger partial charge in [0, 0.05) is 25.1 Å². The van der Waals surface area contributed by atoms with Gasteiger partial charge < -0.3 is 4.90 Å². The van der Waals surface area contributed by atoms with Crippen LogP contribution in [0, 0.1) is 0 Å². The molecule has 0 bridgehead atoms. The van der Waals surface area contributed by atoms with Crippen LogP contribution in [-0.2, 0) is 11.5 Å². The number of rotatable bonds is 2. The molecule has 0 N–H and O–H groups in total. The highest BCUT2D eigenvalue weighted by atomic mass is 79.9. The third-order valence-electron chi connectivity index (χ3n) is 2.00. The SMILES string of the molecule is CN(C)c1ccc(CBr)cc1C(F)(F)F. The summed E-state index contributed by atoms with van der Waals surface area (Å²) in [7, 11) is 3.19. The number of anilines is 1. The van der Waals surface area contributed by atoms with Gasteiger partial charge in [-0.15, -0.1) is 0 Å². The van der Waals surface area contributed by atoms with E-state index < -0.39 is 11.7 Å². The Morgan fingerprint density at radius 2 is 1.87 bits per heavy atom. The Morgan fingerprint density at radius 1 is 1.27 bits per heavy atom. The Kier molecular flexibility index (Phi) is 3.65. The van der Waals surface area contributed by atoms with Crippen molar-refractivity contribution in [3.8, 4) is 0 Å². The Hall–Kier alpha value is -0.710. The minimum Gasteiger partial charge on any atom is -0.377 e. The zero-order valence-corrected chi connectivity index (χ0v) is 9.98. The third kappa shape index (κ3) is 2.87. The predicted molar refractivity (Wildman–Crippen MR) is 58.4 cm³/mol. The molecular weight excluding hydrogens is 271 g/mol. The molecule has 0 aliphatic heterocycles. The van der Waals surface area contributed by atoms with E-state index in [1.165, 1.54) is 17.0 Å². The number of nitrogens with zero attached hydrogens (tertiary/aromatic N) is 1. The van der Waals surface area contributed by atoms with Crippen molar-refractivity contribution in [3.63, 3.8) is 0 Å². The van der Waals surface area contributed by atoms with E-state index in [9.17, 15) is 13.2 Å². The van der Waals surface area contributed by atoms with Gasteiger partial charge in [0.15, 0.2) is 0 Å². The van der Waals surface area contributed by atoms with E-state index in [0.717, 1.165) is 0 Å². The van der Waals surface area contributed by atoms with Crippen molar-refractivity contribution in [2.45, 2.75) is 11.5 Å². The van der Waals surface area contributed by atoms with Crippen LogP contribution in [0.4, 0.5) is 18.9 Å². The molecule has 0 spiro atoms. The summed E-state index contributed by atoms with van der Waals surface area (Å²) in [6.45, 7) is 0. The summed E-state index contributed by atoms with van der Waals surface area (Å²) in [5.74, 6) is 0. The highest BCUT2D eigenvalue weighted by Crippen LogP contribution is 2.36. The van der Waals surface area contributed by atoms with Crippen molar-refractivity contribution in [1.82, 2.24) is 0 Å². The molecule has 0 fully saturated rings. The fourth-order valence-corrected chi connectivity index (χ4v) is 1.63. The van der Waals surface area contributed by atoms with Gasteiger partial charge in [0.1, 0.15) is 0 Å². The highest BCUT2D eigenvalue weighted by molar-refractivity contribution is 9.08. The van der Waals surface area contributed by atoms with Gasteiger partial charge in [-0.05, 0) is 17.7 Å². The molecule has 1 nitrogen and oxygen atoms in total. The van der Waals surface area contributed by atoms with Gasteiger partial charge in [-0.3, -0.25) is 0 Å². The molecule has 0 heterocycles. The summed E-state index contributed by atoms with van der Waals surface area (Å²) in [5.41, 5.74) is 0.213. The largest absolute Gasteiger partial charge is 0.418 e. The first-order valence-corrected chi connectivity index (χ1v) is 5.42. The van der Waals surface area contributed by atoms with Gasteiger partial charge in [-0.2, -0.15) is 13.2 Å². The maximum Gasteiger partial charge on any atom is 0.418 e. The normalized spacial score (nSPS) is 11.6. The molecule has 1 aromatic carbocycles. The van der Waals surface area contributed by atoms with Crippen LogP contribution in [0.25, 0.3) is 0 Å². The maximum atomic E-state index is 12.7. The first kappa shape index (κ1) is 12.4.